The highest BCUT2D eigenvalue weighted by Crippen LogP contribution is 2.20. The van der Waals surface area contributed by atoms with Crippen molar-refractivity contribution < 1.29 is 31.1 Å². The van der Waals surface area contributed by atoms with Crippen LogP contribution >= 0.6 is 0 Å². The number of benzene rings is 2. The van der Waals surface area contributed by atoms with Crippen molar-refractivity contribution in [2.75, 3.05) is 7.11 Å². The highest BCUT2D eigenvalue weighted by Gasteiger charge is 2.30. The first kappa shape index (κ1) is 18.9. The SMILES string of the molecule is COC(=O)C(Cc1ccccc1)NS(=O)(=O)c1ccc(F)c(F)c1F. The Morgan fingerprint density at radius 2 is 1.72 bits per heavy atom. The summed E-state index contributed by atoms with van der Waals surface area (Å²) in [5.41, 5.74) is 0.617. The predicted molar refractivity (Wildman–Crippen MR) is 82.6 cm³/mol. The van der Waals surface area contributed by atoms with Crippen LogP contribution in [0.15, 0.2) is 47.4 Å². The van der Waals surface area contributed by atoms with E-state index in [1.54, 1.807) is 30.3 Å². The number of nitrogens with one attached hydrogen (secondary N) is 1. The number of sulfonamides is 1. The first-order valence-electron chi connectivity index (χ1n) is 7.04. The standard InChI is InChI=1S/C16H14F3NO4S/c1-24-16(21)12(9-10-5-3-2-4-6-10)20-25(22,23)13-8-7-11(17)14(18)15(13)19/h2-8,12,20H,9H2,1H3. The molecule has 0 spiro atoms. The number of esters is 1. The van der Waals surface area contributed by atoms with Gasteiger partial charge in [0.15, 0.2) is 17.5 Å². The highest BCUT2D eigenvalue weighted by molar-refractivity contribution is 7.89. The summed E-state index contributed by atoms with van der Waals surface area (Å²) >= 11 is 0. The highest BCUT2D eigenvalue weighted by atomic mass is 32.2. The van der Waals surface area contributed by atoms with Gasteiger partial charge in [0.05, 0.1) is 7.11 Å². The van der Waals surface area contributed by atoms with Crippen LogP contribution in [0.2, 0.25) is 0 Å². The summed E-state index contributed by atoms with van der Waals surface area (Å²) in [5, 5.41) is 0. The molecule has 0 aliphatic heterocycles. The third-order valence-corrected chi connectivity index (χ3v) is 4.84. The summed E-state index contributed by atoms with van der Waals surface area (Å²) in [6, 6.07) is 8.11. The first-order valence-corrected chi connectivity index (χ1v) is 8.52. The van der Waals surface area contributed by atoms with Crippen LogP contribution in [0.25, 0.3) is 0 Å². The van der Waals surface area contributed by atoms with E-state index in [2.05, 4.69) is 4.74 Å². The monoisotopic (exact) mass is 373 g/mol. The summed E-state index contributed by atoms with van der Waals surface area (Å²) < 4.78 is 71.1. The molecule has 134 valence electrons. The van der Waals surface area contributed by atoms with Crippen molar-refractivity contribution in [1.82, 2.24) is 4.72 Å². The van der Waals surface area contributed by atoms with E-state index in [1.807, 2.05) is 4.72 Å². The van der Waals surface area contributed by atoms with Gasteiger partial charge in [-0.1, -0.05) is 30.3 Å². The molecule has 25 heavy (non-hydrogen) atoms. The van der Waals surface area contributed by atoms with Crippen molar-refractivity contribution in [3.63, 3.8) is 0 Å². The van der Waals surface area contributed by atoms with Gasteiger partial charge in [-0.25, -0.2) is 21.6 Å². The minimum Gasteiger partial charge on any atom is -0.468 e. The van der Waals surface area contributed by atoms with Crippen molar-refractivity contribution in [3.05, 3.63) is 65.5 Å². The van der Waals surface area contributed by atoms with Gasteiger partial charge in [-0.3, -0.25) is 4.79 Å². The molecule has 0 bridgehead atoms. The molecule has 0 aliphatic rings. The smallest absolute Gasteiger partial charge is 0.324 e. The molecule has 0 fully saturated rings. The average molecular weight is 373 g/mol. The lowest BCUT2D eigenvalue weighted by Crippen LogP contribution is -2.43. The second kappa shape index (κ2) is 7.66. The quantitative estimate of drug-likeness (QED) is 0.622. The van der Waals surface area contributed by atoms with Gasteiger partial charge in [0.25, 0.3) is 0 Å². The second-order valence-electron chi connectivity index (χ2n) is 5.06. The molecule has 1 N–H and O–H groups in total. The van der Waals surface area contributed by atoms with Crippen molar-refractivity contribution >= 4 is 16.0 Å². The molecule has 2 aromatic carbocycles. The largest absolute Gasteiger partial charge is 0.468 e. The minimum absolute atomic E-state index is 0.0714. The Bertz CT molecular complexity index is 872. The van der Waals surface area contributed by atoms with Gasteiger partial charge < -0.3 is 4.74 Å². The summed E-state index contributed by atoms with van der Waals surface area (Å²) in [6.07, 6.45) is -0.0714. The van der Waals surface area contributed by atoms with E-state index < -0.39 is 44.4 Å². The molecule has 0 aromatic heterocycles. The fourth-order valence-electron chi connectivity index (χ4n) is 2.13. The Morgan fingerprint density at radius 1 is 1.08 bits per heavy atom. The normalized spacial score (nSPS) is 12.6. The van der Waals surface area contributed by atoms with E-state index in [0.29, 0.717) is 17.7 Å². The van der Waals surface area contributed by atoms with Gasteiger partial charge in [-0.15, -0.1) is 0 Å². The zero-order valence-corrected chi connectivity index (χ0v) is 13.8. The lowest BCUT2D eigenvalue weighted by atomic mass is 10.1. The summed E-state index contributed by atoms with van der Waals surface area (Å²) in [7, 11) is -3.57. The lowest BCUT2D eigenvalue weighted by molar-refractivity contribution is -0.142. The molecule has 0 aliphatic carbocycles. The lowest BCUT2D eigenvalue weighted by Gasteiger charge is -2.17. The summed E-state index contributed by atoms with van der Waals surface area (Å²) in [6.45, 7) is 0. The van der Waals surface area contributed by atoms with Crippen molar-refractivity contribution in [2.24, 2.45) is 0 Å². The fourth-order valence-corrected chi connectivity index (χ4v) is 3.39. The number of carbonyl (C=O) groups is 1. The Hall–Kier alpha value is -2.39. The van der Waals surface area contributed by atoms with Crippen LogP contribution in [0.5, 0.6) is 0 Å². The first-order chi connectivity index (χ1) is 11.8. The van der Waals surface area contributed by atoms with Gasteiger partial charge in [0, 0.05) is 0 Å². The van der Waals surface area contributed by atoms with Gasteiger partial charge in [0.1, 0.15) is 10.9 Å². The van der Waals surface area contributed by atoms with Crippen LogP contribution in [0.3, 0.4) is 0 Å². The van der Waals surface area contributed by atoms with Crippen LogP contribution < -0.4 is 4.72 Å². The number of rotatable bonds is 6. The van der Waals surface area contributed by atoms with Crippen molar-refractivity contribution in [3.8, 4) is 0 Å². The molecule has 0 saturated carbocycles. The Labute approximate surface area is 142 Å². The third kappa shape index (κ3) is 4.37. The fraction of sp³-hybridized carbons (Fsp3) is 0.188. The summed E-state index contributed by atoms with van der Waals surface area (Å²) in [5.74, 6) is -6.21. The summed E-state index contributed by atoms with van der Waals surface area (Å²) in [4.78, 5) is 10.8. The van der Waals surface area contributed by atoms with E-state index in [-0.39, 0.29) is 6.42 Å². The Morgan fingerprint density at radius 3 is 2.32 bits per heavy atom. The predicted octanol–water partition coefficient (Wildman–Crippen LogP) is 2.17. The molecule has 0 saturated heterocycles. The van der Waals surface area contributed by atoms with Crippen LogP contribution in [-0.2, 0) is 26.0 Å². The Kier molecular flexibility index (Phi) is 5.81. The molecule has 0 amide bonds. The van der Waals surface area contributed by atoms with Crippen LogP contribution in [-0.4, -0.2) is 27.5 Å². The average Bonchev–Trinajstić information content (AvgIpc) is 2.59. The molecule has 2 rings (SSSR count). The molecular formula is C16H14F3NO4S. The zero-order chi connectivity index (χ0) is 18.6. The maximum atomic E-state index is 13.8. The third-order valence-electron chi connectivity index (χ3n) is 3.36. The molecule has 0 heterocycles. The van der Waals surface area contributed by atoms with Gasteiger partial charge >= 0.3 is 5.97 Å². The topological polar surface area (TPSA) is 72.5 Å². The van der Waals surface area contributed by atoms with Gasteiger partial charge in [0.2, 0.25) is 10.0 Å². The minimum atomic E-state index is -4.64. The molecule has 1 unspecified atom stereocenters. The molecule has 0 radical (unpaired) electrons. The van der Waals surface area contributed by atoms with Crippen molar-refractivity contribution in [2.45, 2.75) is 17.4 Å². The number of ether oxygens (including phenoxy) is 1. The van der Waals surface area contributed by atoms with E-state index in [4.69, 9.17) is 0 Å². The maximum absolute atomic E-state index is 13.8. The molecule has 2 aromatic rings. The number of hydrogen-bond acceptors (Lipinski definition) is 4. The molecular weight excluding hydrogens is 359 g/mol. The van der Waals surface area contributed by atoms with Crippen LogP contribution in [0, 0.1) is 17.5 Å². The molecule has 5 nitrogen and oxygen atoms in total. The van der Waals surface area contributed by atoms with E-state index >= 15 is 0 Å². The number of hydrogen-bond donors (Lipinski definition) is 1. The number of halogens is 3. The van der Waals surface area contributed by atoms with E-state index in [9.17, 15) is 26.4 Å². The molecule has 1 atom stereocenters. The second-order valence-corrected chi connectivity index (χ2v) is 6.74. The zero-order valence-electron chi connectivity index (χ0n) is 13.0. The molecule has 9 heteroatoms. The van der Waals surface area contributed by atoms with Crippen molar-refractivity contribution in [1.29, 1.82) is 0 Å². The number of methoxy groups -OCH3 is 1. The maximum Gasteiger partial charge on any atom is 0.324 e. The number of carbonyl (C=O) groups excluding carboxylic acids is 1. The Balaban J connectivity index is 2.34. The van der Waals surface area contributed by atoms with Gasteiger partial charge in [-0.05, 0) is 24.1 Å². The van der Waals surface area contributed by atoms with Crippen LogP contribution in [0.4, 0.5) is 13.2 Å². The van der Waals surface area contributed by atoms with Gasteiger partial charge in [-0.2, -0.15) is 4.72 Å². The van der Waals surface area contributed by atoms with E-state index in [0.717, 1.165) is 7.11 Å². The van der Waals surface area contributed by atoms with E-state index in [1.165, 1.54) is 0 Å². The van der Waals surface area contributed by atoms with Crippen LogP contribution in [0.1, 0.15) is 5.56 Å².